The van der Waals surface area contributed by atoms with Crippen LogP contribution in [0.25, 0.3) is 0 Å². The monoisotopic (exact) mass is 345 g/mol. The van der Waals surface area contributed by atoms with Crippen molar-refractivity contribution in [2.45, 2.75) is 64.0 Å². The lowest BCUT2D eigenvalue weighted by molar-refractivity contribution is 0.392. The summed E-state index contributed by atoms with van der Waals surface area (Å²) in [5.41, 5.74) is 2.69. The van der Waals surface area contributed by atoms with Gasteiger partial charge in [-0.2, -0.15) is 0 Å². The van der Waals surface area contributed by atoms with Crippen molar-refractivity contribution in [2.75, 3.05) is 25.0 Å². The first-order valence-corrected chi connectivity index (χ1v) is 9.99. The molecule has 2 fully saturated rings. The van der Waals surface area contributed by atoms with Crippen LogP contribution in [0.5, 0.6) is 0 Å². The molecule has 0 spiro atoms. The minimum absolute atomic E-state index is 0.579. The Labute approximate surface area is 152 Å². The van der Waals surface area contributed by atoms with E-state index >= 15 is 0 Å². The van der Waals surface area contributed by atoms with E-state index in [4.69, 9.17) is 12.2 Å². The lowest BCUT2D eigenvalue weighted by atomic mass is 9.96. The highest BCUT2D eigenvalue weighted by Crippen LogP contribution is 2.21. The summed E-state index contributed by atoms with van der Waals surface area (Å²) in [5, 5.41) is 4.44. The van der Waals surface area contributed by atoms with Crippen LogP contribution in [-0.2, 0) is 6.54 Å². The minimum atomic E-state index is 0.579. The summed E-state index contributed by atoms with van der Waals surface area (Å²) in [5.74, 6) is 0. The predicted molar refractivity (Wildman–Crippen MR) is 107 cm³/mol. The normalized spacial score (nSPS) is 19.1. The highest BCUT2D eigenvalue weighted by atomic mass is 32.1. The second kappa shape index (κ2) is 8.70. The van der Waals surface area contributed by atoms with E-state index in [0.29, 0.717) is 6.04 Å². The number of nitrogens with one attached hydrogen (secondary N) is 1. The standard InChI is InChI=1S/C20H31N3S/c1-22(20(24)21-18-8-4-2-5-9-18)16-17-10-12-19(13-11-17)23-14-6-3-7-15-23/h10-13,18H,2-9,14-16H2,1H3,(H,21,24). The Kier molecular flexibility index (Phi) is 6.36. The quantitative estimate of drug-likeness (QED) is 0.819. The molecule has 1 N–H and O–H groups in total. The molecule has 0 bridgehead atoms. The summed E-state index contributed by atoms with van der Waals surface area (Å²) in [7, 11) is 2.09. The summed E-state index contributed by atoms with van der Waals surface area (Å²) >= 11 is 5.59. The number of hydrogen-bond acceptors (Lipinski definition) is 2. The molecule has 0 amide bonds. The Morgan fingerprint density at radius 1 is 1.04 bits per heavy atom. The number of anilines is 1. The average Bonchev–Trinajstić information content (AvgIpc) is 2.64. The summed E-state index contributed by atoms with van der Waals surface area (Å²) in [6.45, 7) is 3.28. The van der Waals surface area contributed by atoms with Gasteiger partial charge in [-0.05, 0) is 62.0 Å². The lowest BCUT2D eigenvalue weighted by Crippen LogP contribution is -2.43. The second-order valence-electron chi connectivity index (χ2n) is 7.35. The van der Waals surface area contributed by atoms with Crippen LogP contribution in [0.15, 0.2) is 24.3 Å². The van der Waals surface area contributed by atoms with Gasteiger partial charge < -0.3 is 15.1 Å². The summed E-state index contributed by atoms with van der Waals surface area (Å²) in [4.78, 5) is 4.67. The minimum Gasteiger partial charge on any atom is -0.372 e. The van der Waals surface area contributed by atoms with Crippen LogP contribution in [0.3, 0.4) is 0 Å². The molecule has 132 valence electrons. The van der Waals surface area contributed by atoms with Crippen LogP contribution in [0.1, 0.15) is 56.9 Å². The van der Waals surface area contributed by atoms with Gasteiger partial charge in [-0.3, -0.25) is 0 Å². The molecule has 1 heterocycles. The molecule has 0 radical (unpaired) electrons. The third-order valence-electron chi connectivity index (χ3n) is 5.36. The molecule has 1 aliphatic heterocycles. The van der Waals surface area contributed by atoms with E-state index in [9.17, 15) is 0 Å². The third kappa shape index (κ3) is 4.85. The van der Waals surface area contributed by atoms with Crippen molar-refractivity contribution in [2.24, 2.45) is 0 Å². The number of benzene rings is 1. The van der Waals surface area contributed by atoms with Crippen molar-refractivity contribution in [3.05, 3.63) is 29.8 Å². The molecule has 3 rings (SSSR count). The highest BCUT2D eigenvalue weighted by molar-refractivity contribution is 7.80. The van der Waals surface area contributed by atoms with Crippen LogP contribution in [0.2, 0.25) is 0 Å². The molecule has 3 nitrogen and oxygen atoms in total. The van der Waals surface area contributed by atoms with Crippen molar-refractivity contribution in [3.8, 4) is 0 Å². The molecule has 1 saturated carbocycles. The molecule has 1 aromatic carbocycles. The predicted octanol–water partition coefficient (Wildman–Crippen LogP) is 4.32. The first kappa shape index (κ1) is 17.5. The maximum absolute atomic E-state index is 5.59. The van der Waals surface area contributed by atoms with Gasteiger partial charge in [0.2, 0.25) is 0 Å². The Morgan fingerprint density at radius 3 is 2.33 bits per heavy atom. The highest BCUT2D eigenvalue weighted by Gasteiger charge is 2.16. The topological polar surface area (TPSA) is 18.5 Å². The zero-order chi connectivity index (χ0) is 16.8. The molecule has 1 saturated heterocycles. The SMILES string of the molecule is CN(Cc1ccc(N2CCCCC2)cc1)C(=S)NC1CCCCC1. The maximum Gasteiger partial charge on any atom is 0.169 e. The fraction of sp³-hybridized carbons (Fsp3) is 0.650. The van der Waals surface area contributed by atoms with Gasteiger partial charge in [0.05, 0.1) is 0 Å². The van der Waals surface area contributed by atoms with Gasteiger partial charge in [0.15, 0.2) is 5.11 Å². The van der Waals surface area contributed by atoms with E-state index in [1.165, 1.54) is 75.7 Å². The van der Waals surface area contributed by atoms with Gasteiger partial charge >= 0.3 is 0 Å². The van der Waals surface area contributed by atoms with Crippen molar-refractivity contribution >= 4 is 23.0 Å². The molecule has 2 aliphatic rings. The van der Waals surface area contributed by atoms with Crippen LogP contribution >= 0.6 is 12.2 Å². The summed E-state index contributed by atoms with van der Waals surface area (Å²) < 4.78 is 0. The van der Waals surface area contributed by atoms with E-state index in [2.05, 4.69) is 46.4 Å². The molecule has 0 aromatic heterocycles. The zero-order valence-electron chi connectivity index (χ0n) is 15.0. The van der Waals surface area contributed by atoms with Crippen molar-refractivity contribution in [3.63, 3.8) is 0 Å². The fourth-order valence-corrected chi connectivity index (χ4v) is 4.07. The number of thiocarbonyl (C=S) groups is 1. The molecule has 24 heavy (non-hydrogen) atoms. The summed E-state index contributed by atoms with van der Waals surface area (Å²) in [6, 6.07) is 9.63. The van der Waals surface area contributed by atoms with Crippen LogP contribution < -0.4 is 10.2 Å². The van der Waals surface area contributed by atoms with Gasteiger partial charge in [-0.25, -0.2) is 0 Å². The van der Waals surface area contributed by atoms with Gasteiger partial charge in [0.25, 0.3) is 0 Å². The molecule has 0 unspecified atom stereocenters. The van der Waals surface area contributed by atoms with Gasteiger partial charge in [0, 0.05) is 38.4 Å². The number of piperidine rings is 1. The Balaban J connectivity index is 1.49. The number of hydrogen-bond donors (Lipinski definition) is 1. The largest absolute Gasteiger partial charge is 0.372 e. The molecular formula is C20H31N3S. The molecule has 0 atom stereocenters. The van der Waals surface area contributed by atoms with E-state index < -0.39 is 0 Å². The molecule has 1 aliphatic carbocycles. The van der Waals surface area contributed by atoms with E-state index in [0.717, 1.165) is 11.7 Å². The number of nitrogens with zero attached hydrogens (tertiary/aromatic N) is 2. The van der Waals surface area contributed by atoms with Crippen LogP contribution in [0, 0.1) is 0 Å². The van der Waals surface area contributed by atoms with Gasteiger partial charge in [0.1, 0.15) is 0 Å². The molecule has 1 aromatic rings. The third-order valence-corrected chi connectivity index (χ3v) is 5.79. The van der Waals surface area contributed by atoms with Crippen LogP contribution in [0.4, 0.5) is 5.69 Å². The second-order valence-corrected chi connectivity index (χ2v) is 7.74. The van der Waals surface area contributed by atoms with Crippen molar-refractivity contribution in [1.29, 1.82) is 0 Å². The van der Waals surface area contributed by atoms with Crippen LogP contribution in [-0.4, -0.2) is 36.2 Å². The first-order chi connectivity index (χ1) is 11.7. The Morgan fingerprint density at radius 2 is 1.67 bits per heavy atom. The van der Waals surface area contributed by atoms with E-state index in [1.807, 2.05) is 0 Å². The summed E-state index contributed by atoms with van der Waals surface area (Å²) in [6.07, 6.45) is 10.6. The zero-order valence-corrected chi connectivity index (χ0v) is 15.8. The Hall–Kier alpha value is -1.29. The van der Waals surface area contributed by atoms with Crippen molar-refractivity contribution < 1.29 is 0 Å². The first-order valence-electron chi connectivity index (χ1n) is 9.58. The lowest BCUT2D eigenvalue weighted by Gasteiger charge is -2.30. The van der Waals surface area contributed by atoms with Gasteiger partial charge in [-0.1, -0.05) is 31.4 Å². The smallest absolute Gasteiger partial charge is 0.169 e. The Bertz CT molecular complexity index is 516. The molecule has 4 heteroatoms. The van der Waals surface area contributed by atoms with E-state index in [1.54, 1.807) is 0 Å². The molecular weight excluding hydrogens is 314 g/mol. The van der Waals surface area contributed by atoms with E-state index in [-0.39, 0.29) is 0 Å². The maximum atomic E-state index is 5.59. The van der Waals surface area contributed by atoms with Crippen molar-refractivity contribution in [1.82, 2.24) is 10.2 Å². The average molecular weight is 346 g/mol. The number of rotatable bonds is 4. The van der Waals surface area contributed by atoms with Gasteiger partial charge in [-0.15, -0.1) is 0 Å². The fourth-order valence-electron chi connectivity index (χ4n) is 3.84.